The number of rotatable bonds is 7. The molecule has 1 aliphatic heterocycles. The number of benzene rings is 1. The topological polar surface area (TPSA) is 92.6 Å². The maximum Gasteiger partial charge on any atom is 0.325 e. The summed E-state index contributed by atoms with van der Waals surface area (Å²) in [6.07, 6.45) is 1.76. The van der Waals surface area contributed by atoms with Crippen molar-refractivity contribution in [1.29, 1.82) is 5.26 Å². The van der Waals surface area contributed by atoms with Crippen molar-refractivity contribution in [3.05, 3.63) is 42.1 Å². The van der Waals surface area contributed by atoms with Crippen molar-refractivity contribution < 1.29 is 14.6 Å². The molecule has 1 aliphatic rings. The molecule has 0 bridgehead atoms. The average molecular weight is 368 g/mol. The van der Waals surface area contributed by atoms with E-state index in [0.29, 0.717) is 24.4 Å². The number of nitriles is 1. The highest BCUT2D eigenvalue weighted by Crippen LogP contribution is 2.31. The zero-order valence-electron chi connectivity index (χ0n) is 15.4. The maximum atomic E-state index is 12.1. The molecule has 1 atom stereocenters. The average Bonchev–Trinajstić information content (AvgIpc) is 3.04. The van der Waals surface area contributed by atoms with Crippen LogP contribution in [-0.4, -0.2) is 65.2 Å². The Morgan fingerprint density at radius 2 is 2.15 bits per heavy atom. The van der Waals surface area contributed by atoms with Crippen molar-refractivity contribution >= 4 is 16.9 Å². The predicted octanol–water partition coefficient (Wildman–Crippen LogP) is 2.39. The monoisotopic (exact) mass is 368 g/mol. The van der Waals surface area contributed by atoms with Crippen LogP contribution in [0.15, 0.2) is 36.5 Å². The first-order valence-corrected chi connectivity index (χ1v) is 8.94. The minimum atomic E-state index is -0.868. The Kier molecular flexibility index (Phi) is 5.79. The van der Waals surface area contributed by atoms with Gasteiger partial charge in [-0.05, 0) is 25.1 Å². The lowest BCUT2D eigenvalue weighted by atomic mass is 10.0. The second kappa shape index (κ2) is 8.25. The minimum absolute atomic E-state index is 0.0434. The summed E-state index contributed by atoms with van der Waals surface area (Å²) in [5.41, 5.74) is 2.68. The van der Waals surface area contributed by atoms with Crippen LogP contribution in [-0.2, 0) is 4.79 Å². The number of ether oxygens (including phenoxy) is 1. The largest absolute Gasteiger partial charge is 0.480 e. The quantitative estimate of drug-likeness (QED) is 0.729. The molecule has 1 aromatic heterocycles. The Balaban J connectivity index is 1.84. The van der Waals surface area contributed by atoms with E-state index in [0.717, 1.165) is 36.1 Å². The maximum absolute atomic E-state index is 12.1. The molecule has 1 fully saturated rings. The molecule has 27 heavy (non-hydrogen) atoms. The fraction of sp³-hybridized carbons (Fsp3) is 0.400. The summed E-state index contributed by atoms with van der Waals surface area (Å²) in [5.74, 6) is -0.312. The molecule has 0 aliphatic carbocycles. The third-order valence-electron chi connectivity index (χ3n) is 4.78. The van der Waals surface area contributed by atoms with Gasteiger partial charge in [-0.2, -0.15) is 5.26 Å². The number of carbonyl (C=O) groups is 1. The van der Waals surface area contributed by atoms with Crippen LogP contribution in [0.5, 0.6) is 5.75 Å². The number of carboxylic acids is 1. The van der Waals surface area contributed by atoms with Crippen molar-refractivity contribution in [2.75, 3.05) is 39.3 Å². The van der Waals surface area contributed by atoms with Gasteiger partial charge in [-0.3, -0.25) is 14.6 Å². The highest BCUT2D eigenvalue weighted by atomic mass is 16.5. The molecule has 3 rings (SSSR count). The third-order valence-corrected chi connectivity index (χ3v) is 4.78. The number of H-pyrrole nitrogens is 1. The lowest BCUT2D eigenvalue weighted by molar-refractivity contribution is -0.144. The zero-order chi connectivity index (χ0) is 19.4. The van der Waals surface area contributed by atoms with Gasteiger partial charge in [0.1, 0.15) is 17.9 Å². The fourth-order valence-corrected chi connectivity index (χ4v) is 3.60. The van der Waals surface area contributed by atoms with Gasteiger partial charge < -0.3 is 14.8 Å². The van der Waals surface area contributed by atoms with Gasteiger partial charge in [0.15, 0.2) is 6.61 Å². The van der Waals surface area contributed by atoms with Gasteiger partial charge in [0.05, 0.1) is 0 Å². The molecule has 1 unspecified atom stereocenters. The van der Waals surface area contributed by atoms with E-state index in [1.807, 2.05) is 24.0 Å². The van der Waals surface area contributed by atoms with Gasteiger partial charge >= 0.3 is 5.97 Å². The number of hydrogen-bond donors (Lipinski definition) is 2. The molecule has 7 heteroatoms. The molecule has 0 amide bonds. The SMILES string of the molecule is C=C(C)CN1CCN(C(C(=O)O)c2c[nH]c3ccc(OCC#N)cc23)CC1. The number of fused-ring (bicyclic) bond motifs is 1. The van der Waals surface area contributed by atoms with Gasteiger partial charge in [0.25, 0.3) is 0 Å². The first-order valence-electron chi connectivity index (χ1n) is 8.94. The molecule has 7 nitrogen and oxygen atoms in total. The highest BCUT2D eigenvalue weighted by molar-refractivity contribution is 5.90. The van der Waals surface area contributed by atoms with Gasteiger partial charge in [0, 0.05) is 55.4 Å². The normalized spacial score (nSPS) is 16.7. The molecule has 0 radical (unpaired) electrons. The van der Waals surface area contributed by atoms with Crippen LogP contribution in [0.3, 0.4) is 0 Å². The van der Waals surface area contributed by atoms with E-state index in [2.05, 4.69) is 16.5 Å². The molecule has 2 N–H and O–H groups in total. The second-order valence-corrected chi connectivity index (χ2v) is 6.91. The first kappa shape index (κ1) is 19.0. The van der Waals surface area contributed by atoms with E-state index >= 15 is 0 Å². The van der Waals surface area contributed by atoms with E-state index in [1.165, 1.54) is 0 Å². The van der Waals surface area contributed by atoms with Crippen LogP contribution >= 0.6 is 0 Å². The standard InChI is InChI=1S/C20H24N4O3/c1-14(2)13-23-6-8-24(9-7-23)19(20(25)26)17-12-22-18-4-3-15(11-16(17)18)27-10-5-21/h3-4,11-12,19,22H,1,6-10,13H2,2H3,(H,25,26). The van der Waals surface area contributed by atoms with Crippen LogP contribution < -0.4 is 4.74 Å². The van der Waals surface area contributed by atoms with Crippen LogP contribution in [0.25, 0.3) is 10.9 Å². The molecule has 2 heterocycles. The summed E-state index contributed by atoms with van der Waals surface area (Å²) in [5, 5.41) is 19.4. The van der Waals surface area contributed by atoms with Crippen molar-refractivity contribution in [3.63, 3.8) is 0 Å². The molecule has 0 saturated carbocycles. The number of hydrogen-bond acceptors (Lipinski definition) is 5. The molecule has 142 valence electrons. The Morgan fingerprint density at radius 3 is 2.78 bits per heavy atom. The number of piperazine rings is 1. The van der Waals surface area contributed by atoms with E-state index in [-0.39, 0.29) is 6.61 Å². The number of aromatic amines is 1. The second-order valence-electron chi connectivity index (χ2n) is 6.91. The Bertz CT molecular complexity index is 875. The number of aromatic nitrogens is 1. The lowest BCUT2D eigenvalue weighted by Crippen LogP contribution is -2.49. The van der Waals surface area contributed by atoms with Gasteiger partial charge in [-0.25, -0.2) is 0 Å². The van der Waals surface area contributed by atoms with Gasteiger partial charge in [-0.1, -0.05) is 12.2 Å². The highest BCUT2D eigenvalue weighted by Gasteiger charge is 2.32. The molecule has 0 spiro atoms. The predicted molar refractivity (Wildman–Crippen MR) is 103 cm³/mol. The Morgan fingerprint density at radius 1 is 1.41 bits per heavy atom. The van der Waals surface area contributed by atoms with E-state index in [1.54, 1.807) is 18.3 Å². The Hall–Kier alpha value is -2.82. The van der Waals surface area contributed by atoms with Crippen LogP contribution in [0, 0.1) is 11.3 Å². The van der Waals surface area contributed by atoms with Gasteiger partial charge in [0.2, 0.25) is 0 Å². The van der Waals surface area contributed by atoms with E-state index in [4.69, 9.17) is 10.00 Å². The third kappa shape index (κ3) is 4.30. The number of nitrogens with zero attached hydrogens (tertiary/aromatic N) is 3. The molecule has 1 aromatic carbocycles. The van der Waals surface area contributed by atoms with E-state index in [9.17, 15) is 9.90 Å². The molecular weight excluding hydrogens is 344 g/mol. The smallest absolute Gasteiger partial charge is 0.325 e. The van der Waals surface area contributed by atoms with Gasteiger partial charge in [-0.15, -0.1) is 0 Å². The molecule has 1 saturated heterocycles. The zero-order valence-corrected chi connectivity index (χ0v) is 15.4. The van der Waals surface area contributed by atoms with E-state index < -0.39 is 12.0 Å². The lowest BCUT2D eigenvalue weighted by Gasteiger charge is -2.37. The Labute approximate surface area is 158 Å². The number of carboxylic acid groups (broad SMARTS) is 1. The summed E-state index contributed by atoms with van der Waals surface area (Å²) >= 11 is 0. The summed E-state index contributed by atoms with van der Waals surface area (Å²) in [7, 11) is 0. The number of nitrogens with one attached hydrogen (secondary N) is 1. The van der Waals surface area contributed by atoms with Crippen LogP contribution in [0.2, 0.25) is 0 Å². The van der Waals surface area contributed by atoms with Crippen molar-refractivity contribution in [2.45, 2.75) is 13.0 Å². The fourth-order valence-electron chi connectivity index (χ4n) is 3.60. The van der Waals surface area contributed by atoms with Crippen molar-refractivity contribution in [3.8, 4) is 11.8 Å². The summed E-state index contributed by atoms with van der Waals surface area (Å²) in [4.78, 5) is 19.5. The first-order chi connectivity index (χ1) is 13.0. The van der Waals surface area contributed by atoms with Crippen molar-refractivity contribution in [2.24, 2.45) is 0 Å². The molecular formula is C20H24N4O3. The summed E-state index contributed by atoms with van der Waals surface area (Å²) < 4.78 is 5.37. The summed E-state index contributed by atoms with van der Waals surface area (Å²) in [6.45, 7) is 9.75. The summed E-state index contributed by atoms with van der Waals surface area (Å²) in [6, 6.07) is 6.62. The number of aliphatic carboxylic acids is 1. The van der Waals surface area contributed by atoms with Crippen LogP contribution in [0.4, 0.5) is 0 Å². The minimum Gasteiger partial charge on any atom is -0.480 e. The van der Waals surface area contributed by atoms with Crippen molar-refractivity contribution in [1.82, 2.24) is 14.8 Å². The molecule has 2 aromatic rings. The van der Waals surface area contributed by atoms with Crippen LogP contribution in [0.1, 0.15) is 18.5 Å².